The fraction of sp³-hybridized carbons (Fsp3) is 0.0800. The highest BCUT2D eigenvalue weighted by Crippen LogP contribution is 2.23. The van der Waals surface area contributed by atoms with E-state index in [2.05, 4.69) is 10.3 Å². The number of rotatable bonds is 5. The van der Waals surface area contributed by atoms with Crippen molar-refractivity contribution in [2.45, 2.75) is 6.54 Å². The van der Waals surface area contributed by atoms with Crippen LogP contribution in [0.4, 0.5) is 0 Å². The Kier molecular flexibility index (Phi) is 5.62. The van der Waals surface area contributed by atoms with E-state index in [1.165, 1.54) is 7.11 Å². The van der Waals surface area contributed by atoms with Crippen LogP contribution in [0, 0.1) is 0 Å². The predicted octanol–water partition coefficient (Wildman–Crippen LogP) is 3.91. The Labute approximate surface area is 178 Å². The zero-order chi connectivity index (χ0) is 21.8. The van der Waals surface area contributed by atoms with Crippen molar-refractivity contribution in [2.24, 2.45) is 0 Å². The summed E-state index contributed by atoms with van der Waals surface area (Å²) in [4.78, 5) is 41.0. The second-order valence-corrected chi connectivity index (χ2v) is 6.97. The molecule has 2 N–H and O–H groups in total. The predicted molar refractivity (Wildman–Crippen MR) is 119 cm³/mol. The molecule has 0 radical (unpaired) electrons. The minimum Gasteiger partial charge on any atom is -0.464 e. The molecule has 1 amide bonds. The maximum atomic E-state index is 13.2. The van der Waals surface area contributed by atoms with Crippen LogP contribution in [0.1, 0.15) is 26.4 Å². The standard InChI is InChI=1S/C25H20N2O4/c1-31-25(30)22-20(15-26-24(29)17-10-6-3-7-11-17)23(28)19-13-12-18(14-21(19)27-22)16-8-4-2-5-9-16/h2-14H,15H2,1H3,(H,26,29)(H,27,28). The number of amides is 1. The third-order valence-electron chi connectivity index (χ3n) is 5.06. The van der Waals surface area contributed by atoms with Gasteiger partial charge in [0.1, 0.15) is 5.69 Å². The lowest BCUT2D eigenvalue weighted by atomic mass is 10.0. The van der Waals surface area contributed by atoms with Crippen LogP contribution in [0.2, 0.25) is 0 Å². The van der Waals surface area contributed by atoms with Crippen molar-refractivity contribution in [2.75, 3.05) is 7.11 Å². The maximum Gasteiger partial charge on any atom is 0.354 e. The van der Waals surface area contributed by atoms with Crippen LogP contribution >= 0.6 is 0 Å². The summed E-state index contributed by atoms with van der Waals surface area (Å²) in [5, 5.41) is 3.14. The van der Waals surface area contributed by atoms with E-state index in [0.29, 0.717) is 16.5 Å². The molecule has 0 saturated heterocycles. The number of aromatic nitrogens is 1. The molecule has 0 spiro atoms. The number of benzene rings is 3. The summed E-state index contributed by atoms with van der Waals surface area (Å²) in [6, 6.07) is 23.8. The molecule has 6 heteroatoms. The molecule has 154 valence electrons. The van der Waals surface area contributed by atoms with Gasteiger partial charge in [0, 0.05) is 17.5 Å². The minimum absolute atomic E-state index is 0.0265. The molecule has 1 heterocycles. The first kappa shape index (κ1) is 20.1. The number of hydrogen-bond acceptors (Lipinski definition) is 4. The highest BCUT2D eigenvalue weighted by Gasteiger charge is 2.19. The van der Waals surface area contributed by atoms with Crippen molar-refractivity contribution >= 4 is 22.8 Å². The van der Waals surface area contributed by atoms with Crippen molar-refractivity contribution in [1.29, 1.82) is 0 Å². The van der Waals surface area contributed by atoms with E-state index in [1.54, 1.807) is 30.3 Å². The van der Waals surface area contributed by atoms with Gasteiger partial charge in [-0.3, -0.25) is 9.59 Å². The molecule has 0 aliphatic rings. The molecule has 0 bridgehead atoms. The number of aromatic amines is 1. The molecule has 1 aromatic heterocycles. The second kappa shape index (κ2) is 8.67. The smallest absolute Gasteiger partial charge is 0.354 e. The molecule has 4 aromatic rings. The lowest BCUT2D eigenvalue weighted by molar-refractivity contribution is 0.0592. The number of ether oxygens (including phenoxy) is 1. The van der Waals surface area contributed by atoms with E-state index in [0.717, 1.165) is 11.1 Å². The third-order valence-corrected chi connectivity index (χ3v) is 5.06. The van der Waals surface area contributed by atoms with Gasteiger partial charge in [-0.25, -0.2) is 4.79 Å². The quantitative estimate of drug-likeness (QED) is 0.487. The number of esters is 1. The Morgan fingerprint density at radius 1 is 0.903 bits per heavy atom. The molecular formula is C25H20N2O4. The first-order chi connectivity index (χ1) is 15.1. The number of carbonyl (C=O) groups excluding carboxylic acids is 2. The molecule has 0 saturated carbocycles. The number of methoxy groups -OCH3 is 1. The van der Waals surface area contributed by atoms with Gasteiger partial charge in [0.05, 0.1) is 18.2 Å². The molecule has 0 aliphatic carbocycles. The Morgan fingerprint density at radius 2 is 1.58 bits per heavy atom. The minimum atomic E-state index is -0.673. The van der Waals surface area contributed by atoms with Gasteiger partial charge in [-0.05, 0) is 35.4 Å². The molecular weight excluding hydrogens is 392 g/mol. The highest BCUT2D eigenvalue weighted by molar-refractivity contribution is 5.96. The van der Waals surface area contributed by atoms with Crippen molar-refractivity contribution in [1.82, 2.24) is 10.3 Å². The van der Waals surface area contributed by atoms with Crippen LogP contribution in [0.5, 0.6) is 0 Å². The van der Waals surface area contributed by atoms with Gasteiger partial charge < -0.3 is 15.0 Å². The number of hydrogen-bond donors (Lipinski definition) is 2. The van der Waals surface area contributed by atoms with Gasteiger partial charge in [-0.1, -0.05) is 54.6 Å². The zero-order valence-electron chi connectivity index (χ0n) is 16.8. The summed E-state index contributed by atoms with van der Waals surface area (Å²) in [5.74, 6) is -1.01. The second-order valence-electron chi connectivity index (χ2n) is 6.97. The SMILES string of the molecule is COC(=O)c1[nH]c2cc(-c3ccccc3)ccc2c(=O)c1CNC(=O)c1ccccc1. The Bertz CT molecular complexity index is 1310. The Balaban J connectivity index is 1.75. The van der Waals surface area contributed by atoms with Crippen LogP contribution < -0.4 is 10.7 Å². The monoisotopic (exact) mass is 412 g/mol. The molecule has 4 rings (SSSR count). The Morgan fingerprint density at radius 3 is 2.26 bits per heavy atom. The lowest BCUT2D eigenvalue weighted by Crippen LogP contribution is -2.29. The van der Waals surface area contributed by atoms with Crippen LogP contribution in [0.25, 0.3) is 22.0 Å². The van der Waals surface area contributed by atoms with Crippen molar-refractivity contribution in [3.63, 3.8) is 0 Å². The zero-order valence-corrected chi connectivity index (χ0v) is 16.8. The molecule has 0 fully saturated rings. The van der Waals surface area contributed by atoms with Gasteiger partial charge in [0.2, 0.25) is 0 Å². The van der Waals surface area contributed by atoms with Crippen molar-refractivity contribution in [3.05, 3.63) is 106 Å². The van der Waals surface area contributed by atoms with Crippen molar-refractivity contribution in [3.8, 4) is 11.1 Å². The summed E-state index contributed by atoms with van der Waals surface area (Å²) in [7, 11) is 1.25. The van der Waals surface area contributed by atoms with Crippen LogP contribution in [-0.2, 0) is 11.3 Å². The van der Waals surface area contributed by atoms with Crippen molar-refractivity contribution < 1.29 is 14.3 Å². The van der Waals surface area contributed by atoms with Gasteiger partial charge in [0.15, 0.2) is 5.43 Å². The summed E-state index contributed by atoms with van der Waals surface area (Å²) in [6.45, 7) is -0.107. The molecule has 31 heavy (non-hydrogen) atoms. The topological polar surface area (TPSA) is 88.3 Å². The Hall–Kier alpha value is -4.19. The van der Waals surface area contributed by atoms with Crippen LogP contribution in [-0.4, -0.2) is 24.0 Å². The van der Waals surface area contributed by atoms with Crippen LogP contribution in [0.15, 0.2) is 83.7 Å². The van der Waals surface area contributed by atoms with E-state index in [1.807, 2.05) is 48.5 Å². The number of H-pyrrole nitrogens is 1. The van der Waals surface area contributed by atoms with Gasteiger partial charge in [-0.15, -0.1) is 0 Å². The van der Waals surface area contributed by atoms with Gasteiger partial charge in [0.25, 0.3) is 5.91 Å². The highest BCUT2D eigenvalue weighted by atomic mass is 16.5. The summed E-state index contributed by atoms with van der Waals surface area (Å²) >= 11 is 0. The molecule has 0 atom stereocenters. The normalized spacial score (nSPS) is 10.6. The largest absolute Gasteiger partial charge is 0.464 e. The fourth-order valence-electron chi connectivity index (χ4n) is 3.45. The molecule has 6 nitrogen and oxygen atoms in total. The fourth-order valence-corrected chi connectivity index (χ4v) is 3.45. The number of fused-ring (bicyclic) bond motifs is 1. The van der Waals surface area contributed by atoms with E-state index in [-0.39, 0.29) is 29.1 Å². The molecule has 0 aliphatic heterocycles. The summed E-state index contributed by atoms with van der Waals surface area (Å²) < 4.78 is 4.87. The summed E-state index contributed by atoms with van der Waals surface area (Å²) in [6.07, 6.45) is 0. The molecule has 0 unspecified atom stereocenters. The average Bonchev–Trinajstić information content (AvgIpc) is 2.83. The first-order valence-corrected chi connectivity index (χ1v) is 9.74. The van der Waals surface area contributed by atoms with E-state index in [9.17, 15) is 14.4 Å². The van der Waals surface area contributed by atoms with E-state index >= 15 is 0 Å². The van der Waals surface area contributed by atoms with E-state index in [4.69, 9.17) is 4.74 Å². The van der Waals surface area contributed by atoms with Gasteiger partial charge in [-0.2, -0.15) is 0 Å². The lowest BCUT2D eigenvalue weighted by Gasteiger charge is -2.12. The number of nitrogens with one attached hydrogen (secondary N) is 2. The average molecular weight is 412 g/mol. The first-order valence-electron chi connectivity index (χ1n) is 9.74. The molecule has 3 aromatic carbocycles. The van der Waals surface area contributed by atoms with E-state index < -0.39 is 5.97 Å². The summed E-state index contributed by atoms with van der Waals surface area (Å²) in [5.41, 5.74) is 2.72. The van der Waals surface area contributed by atoms with Crippen LogP contribution in [0.3, 0.4) is 0 Å². The number of pyridine rings is 1. The van der Waals surface area contributed by atoms with Gasteiger partial charge >= 0.3 is 5.97 Å². The maximum absolute atomic E-state index is 13.2. The number of carbonyl (C=O) groups is 2. The third kappa shape index (κ3) is 4.09.